The molecule has 0 aromatic heterocycles. The molecule has 3 nitrogen and oxygen atoms in total. The summed E-state index contributed by atoms with van der Waals surface area (Å²) in [5.41, 5.74) is -0.678. The summed E-state index contributed by atoms with van der Waals surface area (Å²) in [5, 5.41) is 9.26. The van der Waals surface area contributed by atoms with E-state index in [-0.39, 0.29) is 0 Å². The topological polar surface area (TPSA) is 40.5 Å². The molecule has 0 radical (unpaired) electrons. The van der Waals surface area contributed by atoms with Crippen molar-refractivity contribution in [1.82, 2.24) is 4.90 Å². The number of carboxylic acid groups (broad SMARTS) is 1. The highest BCUT2D eigenvalue weighted by molar-refractivity contribution is 5.74. The van der Waals surface area contributed by atoms with E-state index in [0.29, 0.717) is 19.5 Å². The van der Waals surface area contributed by atoms with Gasteiger partial charge in [-0.25, -0.2) is 0 Å². The van der Waals surface area contributed by atoms with Gasteiger partial charge in [-0.05, 0) is 44.0 Å². The van der Waals surface area contributed by atoms with Gasteiger partial charge in [-0.15, -0.1) is 0 Å². The highest BCUT2D eigenvalue weighted by atomic mass is 19.4. The third-order valence-electron chi connectivity index (χ3n) is 3.98. The van der Waals surface area contributed by atoms with Crippen molar-refractivity contribution in [2.45, 2.75) is 32.5 Å². The first-order chi connectivity index (χ1) is 9.71. The quantitative estimate of drug-likeness (QED) is 0.930. The minimum absolute atomic E-state index is 0.420. The summed E-state index contributed by atoms with van der Waals surface area (Å²) in [7, 11) is 0. The van der Waals surface area contributed by atoms with Crippen LogP contribution in [0.4, 0.5) is 13.2 Å². The van der Waals surface area contributed by atoms with Crippen molar-refractivity contribution >= 4 is 5.97 Å². The van der Waals surface area contributed by atoms with E-state index in [1.807, 2.05) is 4.90 Å². The maximum absolute atomic E-state index is 12.5. The monoisotopic (exact) mass is 301 g/mol. The van der Waals surface area contributed by atoms with Crippen molar-refractivity contribution in [2.75, 3.05) is 13.1 Å². The normalized spacial score (nSPS) is 24.0. The van der Waals surface area contributed by atoms with Crippen molar-refractivity contribution in [2.24, 2.45) is 5.41 Å². The van der Waals surface area contributed by atoms with E-state index in [1.54, 1.807) is 6.92 Å². The predicted molar refractivity (Wildman–Crippen MR) is 71.7 cm³/mol. The van der Waals surface area contributed by atoms with Crippen molar-refractivity contribution in [3.63, 3.8) is 0 Å². The maximum atomic E-state index is 12.5. The highest BCUT2D eigenvalue weighted by Gasteiger charge is 2.37. The second-order valence-electron chi connectivity index (χ2n) is 5.87. The van der Waals surface area contributed by atoms with E-state index < -0.39 is 23.1 Å². The Morgan fingerprint density at radius 1 is 1.33 bits per heavy atom. The molecular formula is C15H18F3NO2. The fraction of sp³-hybridized carbons (Fsp3) is 0.533. The van der Waals surface area contributed by atoms with Gasteiger partial charge >= 0.3 is 12.1 Å². The van der Waals surface area contributed by atoms with E-state index in [1.165, 1.54) is 12.1 Å². The van der Waals surface area contributed by atoms with Gasteiger partial charge in [0, 0.05) is 13.1 Å². The summed E-state index contributed by atoms with van der Waals surface area (Å²) in [5.74, 6) is -0.820. The Kier molecular flexibility index (Phi) is 4.27. The number of nitrogens with zero attached hydrogens (tertiary/aromatic N) is 1. The molecule has 1 aliphatic heterocycles. The molecule has 6 heteroatoms. The molecule has 1 unspecified atom stereocenters. The highest BCUT2D eigenvalue weighted by Crippen LogP contribution is 2.31. The Hall–Kier alpha value is -1.56. The van der Waals surface area contributed by atoms with Gasteiger partial charge in [0.15, 0.2) is 0 Å². The SMILES string of the molecule is CC1(C(=O)O)CCCN(Cc2ccc(C(F)(F)F)cc2)C1. The van der Waals surface area contributed by atoms with Gasteiger partial charge in [0.25, 0.3) is 0 Å². The van der Waals surface area contributed by atoms with Crippen LogP contribution in [-0.2, 0) is 17.5 Å². The molecule has 0 aliphatic carbocycles. The van der Waals surface area contributed by atoms with Crippen molar-refractivity contribution in [3.8, 4) is 0 Å². The molecule has 2 rings (SSSR count). The zero-order chi connectivity index (χ0) is 15.7. The Labute approximate surface area is 121 Å². The van der Waals surface area contributed by atoms with Crippen LogP contribution in [-0.4, -0.2) is 29.1 Å². The lowest BCUT2D eigenvalue weighted by Gasteiger charge is -2.37. The summed E-state index contributed by atoms with van der Waals surface area (Å²) in [6.45, 7) is 3.38. The summed E-state index contributed by atoms with van der Waals surface area (Å²) in [6, 6.07) is 5.04. The summed E-state index contributed by atoms with van der Waals surface area (Å²) >= 11 is 0. The molecule has 0 spiro atoms. The van der Waals surface area contributed by atoms with E-state index in [9.17, 15) is 23.1 Å². The Balaban J connectivity index is 2.03. The van der Waals surface area contributed by atoms with Crippen LogP contribution in [0.15, 0.2) is 24.3 Å². The molecule has 1 heterocycles. The van der Waals surface area contributed by atoms with Gasteiger partial charge in [0.1, 0.15) is 0 Å². The van der Waals surface area contributed by atoms with Gasteiger partial charge in [-0.1, -0.05) is 12.1 Å². The fourth-order valence-electron chi connectivity index (χ4n) is 2.71. The van der Waals surface area contributed by atoms with Gasteiger partial charge < -0.3 is 5.11 Å². The predicted octanol–water partition coefficient (Wildman–Crippen LogP) is 3.39. The first kappa shape index (κ1) is 15.8. The van der Waals surface area contributed by atoms with Crippen LogP contribution in [0.3, 0.4) is 0 Å². The average Bonchev–Trinajstić information content (AvgIpc) is 2.38. The smallest absolute Gasteiger partial charge is 0.416 e. The van der Waals surface area contributed by atoms with Gasteiger partial charge in [0.05, 0.1) is 11.0 Å². The largest absolute Gasteiger partial charge is 0.481 e. The molecule has 0 saturated carbocycles. The third-order valence-corrected chi connectivity index (χ3v) is 3.98. The standard InChI is InChI=1S/C15H18F3NO2/c1-14(13(20)21)7-2-8-19(10-14)9-11-3-5-12(6-4-11)15(16,17)18/h3-6H,2,7-10H2,1H3,(H,20,21). The van der Waals surface area contributed by atoms with Crippen LogP contribution >= 0.6 is 0 Å². The zero-order valence-electron chi connectivity index (χ0n) is 11.8. The van der Waals surface area contributed by atoms with E-state index in [4.69, 9.17) is 0 Å². The molecule has 116 valence electrons. The third kappa shape index (κ3) is 3.75. The van der Waals surface area contributed by atoms with Crippen LogP contribution < -0.4 is 0 Å². The number of carbonyl (C=O) groups is 1. The molecule has 0 bridgehead atoms. The maximum Gasteiger partial charge on any atom is 0.416 e. The van der Waals surface area contributed by atoms with Crippen LogP contribution in [0.2, 0.25) is 0 Å². The van der Waals surface area contributed by atoms with E-state index >= 15 is 0 Å². The number of halogens is 3. The van der Waals surface area contributed by atoms with Crippen molar-refractivity contribution in [1.29, 1.82) is 0 Å². The number of hydrogen-bond acceptors (Lipinski definition) is 2. The Morgan fingerprint density at radius 3 is 2.48 bits per heavy atom. The molecule has 0 amide bonds. The Morgan fingerprint density at radius 2 is 1.95 bits per heavy atom. The Bertz CT molecular complexity index is 513. The summed E-state index contributed by atoms with van der Waals surface area (Å²) in [6.07, 6.45) is -2.92. The lowest BCUT2D eigenvalue weighted by atomic mass is 9.82. The lowest BCUT2D eigenvalue weighted by Crippen LogP contribution is -2.45. The number of hydrogen-bond donors (Lipinski definition) is 1. The molecule has 21 heavy (non-hydrogen) atoms. The number of rotatable bonds is 3. The molecule has 1 atom stereocenters. The first-order valence-electron chi connectivity index (χ1n) is 6.83. The minimum atomic E-state index is -4.33. The van der Waals surface area contributed by atoms with E-state index in [2.05, 4.69) is 0 Å². The van der Waals surface area contributed by atoms with Crippen LogP contribution in [0.5, 0.6) is 0 Å². The van der Waals surface area contributed by atoms with Crippen LogP contribution in [0.1, 0.15) is 30.9 Å². The number of carboxylic acids is 1. The second-order valence-corrected chi connectivity index (χ2v) is 5.87. The average molecular weight is 301 g/mol. The van der Waals surface area contributed by atoms with Gasteiger partial charge in [-0.3, -0.25) is 9.69 Å². The molecule has 1 aromatic rings. The number of aliphatic carboxylic acids is 1. The van der Waals surface area contributed by atoms with Crippen molar-refractivity contribution < 1.29 is 23.1 Å². The van der Waals surface area contributed by atoms with Gasteiger partial charge in [0.2, 0.25) is 0 Å². The van der Waals surface area contributed by atoms with Crippen LogP contribution in [0.25, 0.3) is 0 Å². The zero-order valence-corrected chi connectivity index (χ0v) is 11.8. The minimum Gasteiger partial charge on any atom is -0.481 e. The summed E-state index contributed by atoms with van der Waals surface area (Å²) in [4.78, 5) is 13.3. The number of piperidine rings is 1. The van der Waals surface area contributed by atoms with Crippen molar-refractivity contribution in [3.05, 3.63) is 35.4 Å². The number of benzene rings is 1. The fourth-order valence-corrected chi connectivity index (χ4v) is 2.71. The molecular weight excluding hydrogens is 283 g/mol. The molecule has 1 aromatic carbocycles. The number of alkyl halides is 3. The molecule has 1 N–H and O–H groups in total. The summed E-state index contributed by atoms with van der Waals surface area (Å²) < 4.78 is 37.5. The van der Waals surface area contributed by atoms with E-state index in [0.717, 1.165) is 30.7 Å². The second kappa shape index (κ2) is 5.67. The first-order valence-corrected chi connectivity index (χ1v) is 6.83. The molecule has 1 saturated heterocycles. The molecule has 1 aliphatic rings. The lowest BCUT2D eigenvalue weighted by molar-refractivity contribution is -0.151. The van der Waals surface area contributed by atoms with Crippen LogP contribution in [0, 0.1) is 5.41 Å². The van der Waals surface area contributed by atoms with Gasteiger partial charge in [-0.2, -0.15) is 13.2 Å². The number of likely N-dealkylation sites (tertiary alicyclic amines) is 1. The molecule has 1 fully saturated rings.